The normalized spacial score (nSPS) is 11.7. The fourth-order valence-corrected chi connectivity index (χ4v) is 2.90. The van der Waals surface area contributed by atoms with Gasteiger partial charge < -0.3 is 4.98 Å². The number of nitrogens with one attached hydrogen (secondary N) is 2. The summed E-state index contributed by atoms with van der Waals surface area (Å²) in [5.74, 6) is 0.670. The number of aromatic nitrogens is 2. The molecular formula is C14H19N3O2S. The van der Waals surface area contributed by atoms with Crippen LogP contribution >= 0.6 is 0 Å². The Balaban J connectivity index is 1.96. The molecule has 1 heterocycles. The van der Waals surface area contributed by atoms with Crippen molar-refractivity contribution in [2.75, 3.05) is 6.54 Å². The molecule has 0 fully saturated rings. The lowest BCUT2D eigenvalue weighted by molar-refractivity contribution is 0.578. The standard InChI is InChI=1S/C14H19N3O2S/c1-3-13-15-10-14(17-13)20(18,19)16-8-7-12-6-4-5-11(2)9-12/h4-6,9-10,16H,3,7-8H2,1-2H3,(H,15,17). The van der Waals surface area contributed by atoms with Crippen LogP contribution in [-0.2, 0) is 22.9 Å². The Morgan fingerprint density at radius 3 is 2.80 bits per heavy atom. The molecule has 0 aliphatic rings. The largest absolute Gasteiger partial charge is 0.332 e. The maximum absolute atomic E-state index is 12.0. The molecule has 2 rings (SSSR count). The first kappa shape index (κ1) is 14.7. The number of hydrogen-bond acceptors (Lipinski definition) is 3. The van der Waals surface area contributed by atoms with Crippen LogP contribution in [0.5, 0.6) is 0 Å². The number of benzene rings is 1. The van der Waals surface area contributed by atoms with E-state index in [-0.39, 0.29) is 5.03 Å². The second-order valence-corrected chi connectivity index (χ2v) is 6.42. The van der Waals surface area contributed by atoms with Crippen molar-refractivity contribution in [2.24, 2.45) is 0 Å². The highest BCUT2D eigenvalue weighted by Crippen LogP contribution is 2.07. The molecule has 1 aromatic carbocycles. The maximum Gasteiger partial charge on any atom is 0.257 e. The van der Waals surface area contributed by atoms with Gasteiger partial charge in [0.1, 0.15) is 5.82 Å². The molecule has 0 saturated carbocycles. The summed E-state index contributed by atoms with van der Waals surface area (Å²) in [7, 11) is -3.50. The molecule has 5 nitrogen and oxygen atoms in total. The molecule has 2 aromatic rings. The van der Waals surface area contributed by atoms with Crippen LogP contribution in [0.1, 0.15) is 23.9 Å². The highest BCUT2D eigenvalue weighted by atomic mass is 32.2. The summed E-state index contributed by atoms with van der Waals surface area (Å²) in [5.41, 5.74) is 2.29. The topological polar surface area (TPSA) is 74.8 Å². The minimum Gasteiger partial charge on any atom is -0.332 e. The van der Waals surface area contributed by atoms with Crippen molar-refractivity contribution in [3.63, 3.8) is 0 Å². The summed E-state index contributed by atoms with van der Waals surface area (Å²) in [5, 5.41) is 0.124. The first-order valence-electron chi connectivity index (χ1n) is 6.60. The van der Waals surface area contributed by atoms with Crippen LogP contribution in [0.15, 0.2) is 35.5 Å². The third-order valence-electron chi connectivity index (χ3n) is 3.02. The van der Waals surface area contributed by atoms with E-state index in [0.29, 0.717) is 25.2 Å². The minimum atomic E-state index is -3.50. The van der Waals surface area contributed by atoms with Gasteiger partial charge in [0.2, 0.25) is 0 Å². The first-order valence-corrected chi connectivity index (χ1v) is 8.08. The fraction of sp³-hybridized carbons (Fsp3) is 0.357. The molecule has 1 aromatic heterocycles. The van der Waals surface area contributed by atoms with E-state index >= 15 is 0 Å². The molecule has 0 aliphatic heterocycles. The van der Waals surface area contributed by atoms with Gasteiger partial charge in [-0.1, -0.05) is 36.8 Å². The van der Waals surface area contributed by atoms with E-state index in [4.69, 9.17) is 0 Å². The van der Waals surface area contributed by atoms with Gasteiger partial charge in [0, 0.05) is 13.0 Å². The van der Waals surface area contributed by atoms with Crippen molar-refractivity contribution in [3.05, 3.63) is 47.4 Å². The average molecular weight is 293 g/mol. The van der Waals surface area contributed by atoms with Gasteiger partial charge in [-0.25, -0.2) is 18.1 Å². The van der Waals surface area contributed by atoms with Crippen LogP contribution < -0.4 is 4.72 Å². The maximum atomic E-state index is 12.0. The first-order chi connectivity index (χ1) is 9.51. The molecule has 0 radical (unpaired) electrons. The van der Waals surface area contributed by atoms with Crippen LogP contribution in [0.4, 0.5) is 0 Å². The van der Waals surface area contributed by atoms with Crippen LogP contribution in [0.2, 0.25) is 0 Å². The van der Waals surface area contributed by atoms with Crippen molar-refractivity contribution in [3.8, 4) is 0 Å². The molecule has 6 heteroatoms. The second-order valence-electron chi connectivity index (χ2n) is 4.68. The Morgan fingerprint density at radius 1 is 1.35 bits per heavy atom. The summed E-state index contributed by atoms with van der Waals surface area (Å²) in [6.45, 7) is 4.30. The number of imidazole rings is 1. The lowest BCUT2D eigenvalue weighted by Crippen LogP contribution is -2.26. The van der Waals surface area contributed by atoms with Crippen molar-refractivity contribution in [2.45, 2.75) is 31.7 Å². The van der Waals surface area contributed by atoms with Crippen LogP contribution in [-0.4, -0.2) is 24.9 Å². The monoisotopic (exact) mass is 293 g/mol. The number of H-pyrrole nitrogens is 1. The molecule has 0 saturated heterocycles. The van der Waals surface area contributed by atoms with Crippen LogP contribution in [0, 0.1) is 6.92 Å². The van der Waals surface area contributed by atoms with Gasteiger partial charge in [-0.2, -0.15) is 0 Å². The van der Waals surface area contributed by atoms with E-state index in [2.05, 4.69) is 20.8 Å². The fourth-order valence-electron chi connectivity index (χ4n) is 1.93. The second kappa shape index (κ2) is 6.19. The molecule has 20 heavy (non-hydrogen) atoms. The number of nitrogens with zero attached hydrogens (tertiary/aromatic N) is 1. The molecular weight excluding hydrogens is 274 g/mol. The summed E-state index contributed by atoms with van der Waals surface area (Å²) in [6, 6.07) is 8.04. The quantitative estimate of drug-likeness (QED) is 0.853. The predicted octanol–water partition coefficient (Wildman–Crippen LogP) is 1.80. The number of aromatic amines is 1. The lowest BCUT2D eigenvalue weighted by atomic mass is 10.1. The molecule has 0 amide bonds. The predicted molar refractivity (Wildman–Crippen MR) is 78.0 cm³/mol. The van der Waals surface area contributed by atoms with Crippen LogP contribution in [0.3, 0.4) is 0 Å². The summed E-state index contributed by atoms with van der Waals surface area (Å²) in [6.07, 6.45) is 2.70. The Labute approximate surface area is 119 Å². The smallest absolute Gasteiger partial charge is 0.257 e. The zero-order valence-electron chi connectivity index (χ0n) is 11.7. The molecule has 0 atom stereocenters. The van der Waals surface area contributed by atoms with E-state index in [1.807, 2.05) is 32.0 Å². The number of aryl methyl sites for hydroxylation is 2. The SMILES string of the molecule is CCc1ncc(S(=O)(=O)NCCc2cccc(C)c2)[nH]1. The number of hydrogen-bond donors (Lipinski definition) is 2. The Bertz CT molecular complexity index is 677. The zero-order valence-corrected chi connectivity index (χ0v) is 12.5. The van der Waals surface area contributed by atoms with E-state index in [9.17, 15) is 8.42 Å². The Hall–Kier alpha value is -1.66. The van der Waals surface area contributed by atoms with E-state index < -0.39 is 10.0 Å². The molecule has 2 N–H and O–H groups in total. The van der Waals surface area contributed by atoms with Gasteiger partial charge in [0.05, 0.1) is 6.20 Å². The highest BCUT2D eigenvalue weighted by Gasteiger charge is 2.16. The van der Waals surface area contributed by atoms with Gasteiger partial charge in [-0.05, 0) is 18.9 Å². The Morgan fingerprint density at radius 2 is 2.15 bits per heavy atom. The summed E-state index contributed by atoms with van der Waals surface area (Å²) < 4.78 is 26.7. The van der Waals surface area contributed by atoms with Crippen molar-refractivity contribution in [1.29, 1.82) is 0 Å². The average Bonchev–Trinajstić information content (AvgIpc) is 2.88. The highest BCUT2D eigenvalue weighted by molar-refractivity contribution is 7.89. The van der Waals surface area contributed by atoms with Crippen molar-refractivity contribution >= 4 is 10.0 Å². The summed E-state index contributed by atoms with van der Waals surface area (Å²) in [4.78, 5) is 6.80. The summed E-state index contributed by atoms with van der Waals surface area (Å²) >= 11 is 0. The molecule has 0 aliphatic carbocycles. The van der Waals surface area contributed by atoms with E-state index in [0.717, 1.165) is 5.56 Å². The molecule has 0 bridgehead atoms. The zero-order chi connectivity index (χ0) is 14.6. The van der Waals surface area contributed by atoms with Crippen molar-refractivity contribution < 1.29 is 8.42 Å². The third-order valence-corrected chi connectivity index (χ3v) is 4.39. The Kier molecular flexibility index (Phi) is 4.57. The van der Waals surface area contributed by atoms with Gasteiger partial charge >= 0.3 is 0 Å². The third kappa shape index (κ3) is 3.68. The lowest BCUT2D eigenvalue weighted by Gasteiger charge is -2.05. The number of rotatable bonds is 6. The number of sulfonamides is 1. The van der Waals surface area contributed by atoms with E-state index in [1.54, 1.807) is 0 Å². The van der Waals surface area contributed by atoms with Gasteiger partial charge in [0.25, 0.3) is 10.0 Å². The van der Waals surface area contributed by atoms with Gasteiger partial charge in [0.15, 0.2) is 5.03 Å². The molecule has 0 spiro atoms. The molecule has 108 valence electrons. The van der Waals surface area contributed by atoms with Crippen LogP contribution in [0.25, 0.3) is 0 Å². The minimum absolute atomic E-state index is 0.124. The molecule has 0 unspecified atom stereocenters. The van der Waals surface area contributed by atoms with Crippen molar-refractivity contribution in [1.82, 2.24) is 14.7 Å². The van der Waals surface area contributed by atoms with Gasteiger partial charge in [-0.3, -0.25) is 0 Å². The van der Waals surface area contributed by atoms with Gasteiger partial charge in [-0.15, -0.1) is 0 Å². The van der Waals surface area contributed by atoms with E-state index in [1.165, 1.54) is 11.8 Å².